The molecule has 0 saturated carbocycles. The van der Waals surface area contributed by atoms with Crippen molar-refractivity contribution in [3.8, 4) is 0 Å². The molecule has 3 rings (SSSR count). The first-order valence-electron chi connectivity index (χ1n) is 45.7. The van der Waals surface area contributed by atoms with E-state index < -0.39 is 124 Å². The first kappa shape index (κ1) is 102. The quantitative estimate of drug-likeness (QED) is 0.0199. The number of allylic oxidation sites excluding steroid dienone is 12. The van der Waals surface area contributed by atoms with Crippen LogP contribution in [0.25, 0.3) is 0 Å². The molecule has 19 heteroatoms. The van der Waals surface area contributed by atoms with Gasteiger partial charge in [-0.1, -0.05) is 376 Å². The van der Waals surface area contributed by atoms with E-state index in [0.29, 0.717) is 12.8 Å². The van der Waals surface area contributed by atoms with Crippen LogP contribution in [0.2, 0.25) is 0 Å². The van der Waals surface area contributed by atoms with E-state index in [4.69, 9.17) is 28.4 Å². The molecule has 0 radical (unpaired) electrons. The Hall–Kier alpha value is -2.77. The largest absolute Gasteiger partial charge is 0.394 e. The Morgan fingerprint density at radius 2 is 0.622 bits per heavy atom. The number of hydrogen-bond donors (Lipinski definition) is 12. The van der Waals surface area contributed by atoms with E-state index in [1.807, 2.05) is 0 Å². The minimum atomic E-state index is -1.98. The van der Waals surface area contributed by atoms with Gasteiger partial charge in [0.25, 0.3) is 0 Å². The number of rotatable bonds is 74. The van der Waals surface area contributed by atoms with Crippen LogP contribution in [0.15, 0.2) is 72.9 Å². The molecule has 17 atom stereocenters. The minimum absolute atomic E-state index is 0.240. The number of nitrogens with one attached hydrogen (secondary N) is 1. The lowest BCUT2D eigenvalue weighted by Gasteiger charge is -2.48. The van der Waals surface area contributed by atoms with Crippen molar-refractivity contribution >= 4 is 5.91 Å². The fourth-order valence-corrected chi connectivity index (χ4v) is 15.3. The first-order valence-corrected chi connectivity index (χ1v) is 45.7. The number of ether oxygens (including phenoxy) is 6. The van der Waals surface area contributed by atoms with E-state index in [9.17, 15) is 61.0 Å². The van der Waals surface area contributed by atoms with Crippen molar-refractivity contribution in [2.75, 3.05) is 26.4 Å². The van der Waals surface area contributed by atoms with Gasteiger partial charge < -0.3 is 89.9 Å². The number of amides is 1. The summed E-state index contributed by atoms with van der Waals surface area (Å²) in [6, 6.07) is -0.893. The first-order chi connectivity index (χ1) is 54.3. The number of unbranched alkanes of at least 4 members (excludes halogenated alkanes) is 46. The van der Waals surface area contributed by atoms with Crippen molar-refractivity contribution in [1.29, 1.82) is 0 Å². The molecule has 0 aromatic heterocycles. The molecule has 3 fully saturated rings. The van der Waals surface area contributed by atoms with E-state index >= 15 is 0 Å². The van der Waals surface area contributed by atoms with Gasteiger partial charge in [-0.3, -0.25) is 4.79 Å². The molecule has 0 spiro atoms. The molecule has 0 aromatic carbocycles. The molecule has 0 aromatic rings. The van der Waals surface area contributed by atoms with Gasteiger partial charge in [-0.25, -0.2) is 0 Å². The number of aliphatic hydroxyl groups is 11. The van der Waals surface area contributed by atoms with Gasteiger partial charge in [0.05, 0.1) is 38.6 Å². The lowest BCUT2D eigenvalue weighted by atomic mass is 9.96. The molecule has 19 nitrogen and oxygen atoms in total. The van der Waals surface area contributed by atoms with E-state index in [-0.39, 0.29) is 18.9 Å². The van der Waals surface area contributed by atoms with Crippen molar-refractivity contribution in [3.05, 3.63) is 72.9 Å². The van der Waals surface area contributed by atoms with Crippen LogP contribution in [0.5, 0.6) is 0 Å². The Balaban J connectivity index is 1.32. The highest BCUT2D eigenvalue weighted by atomic mass is 16.8. The van der Waals surface area contributed by atoms with Crippen molar-refractivity contribution in [2.24, 2.45) is 0 Å². The second-order valence-corrected chi connectivity index (χ2v) is 32.4. The summed E-state index contributed by atoms with van der Waals surface area (Å²) in [5.74, 6) is -0.240. The van der Waals surface area contributed by atoms with E-state index in [1.54, 1.807) is 0 Å². The van der Waals surface area contributed by atoms with E-state index in [0.717, 1.165) is 89.9 Å². The third-order valence-electron chi connectivity index (χ3n) is 22.5. The molecule has 3 aliphatic heterocycles. The minimum Gasteiger partial charge on any atom is -0.394 e. The molecule has 12 N–H and O–H groups in total. The van der Waals surface area contributed by atoms with Gasteiger partial charge in [0, 0.05) is 6.42 Å². The van der Waals surface area contributed by atoms with Crippen LogP contribution >= 0.6 is 0 Å². The highest BCUT2D eigenvalue weighted by Crippen LogP contribution is 2.34. The number of carbonyl (C=O) groups excluding carboxylic acids is 1. The van der Waals surface area contributed by atoms with Crippen LogP contribution in [-0.2, 0) is 33.2 Å². The van der Waals surface area contributed by atoms with E-state index in [2.05, 4.69) is 92.1 Å². The lowest BCUT2D eigenvalue weighted by molar-refractivity contribution is -0.379. The molecular formula is C92H167NO18. The normalized spacial score (nSPS) is 25.4. The smallest absolute Gasteiger partial charge is 0.220 e. The third-order valence-corrected chi connectivity index (χ3v) is 22.5. The summed E-state index contributed by atoms with van der Waals surface area (Å²) in [7, 11) is 0. The maximum Gasteiger partial charge on any atom is 0.220 e. The van der Waals surface area contributed by atoms with Crippen molar-refractivity contribution in [3.63, 3.8) is 0 Å². The van der Waals surface area contributed by atoms with Crippen LogP contribution in [0.4, 0.5) is 0 Å². The second-order valence-electron chi connectivity index (χ2n) is 32.4. The second kappa shape index (κ2) is 71.3. The summed E-state index contributed by atoms with van der Waals surface area (Å²) in [4.78, 5) is 13.6. The number of aliphatic hydroxyl groups excluding tert-OH is 11. The Morgan fingerprint density at radius 1 is 0.333 bits per heavy atom. The Morgan fingerprint density at radius 3 is 0.973 bits per heavy atom. The molecule has 1 amide bonds. The Bertz CT molecular complexity index is 2280. The molecule has 648 valence electrons. The molecule has 111 heavy (non-hydrogen) atoms. The summed E-state index contributed by atoms with van der Waals surface area (Å²) in [5.41, 5.74) is 0. The Labute approximate surface area is 674 Å². The van der Waals surface area contributed by atoms with Crippen LogP contribution in [0.1, 0.15) is 373 Å². The van der Waals surface area contributed by atoms with Crippen molar-refractivity contribution in [1.82, 2.24) is 5.32 Å². The maximum absolute atomic E-state index is 13.6. The molecule has 0 aliphatic carbocycles. The predicted octanol–water partition coefficient (Wildman–Crippen LogP) is 17.5. The topological polar surface area (TPSA) is 307 Å². The molecule has 3 saturated heterocycles. The van der Waals surface area contributed by atoms with Gasteiger partial charge in [-0.15, -0.1) is 0 Å². The van der Waals surface area contributed by atoms with Gasteiger partial charge >= 0.3 is 0 Å². The molecule has 0 bridgehead atoms. The van der Waals surface area contributed by atoms with Gasteiger partial charge in [0.15, 0.2) is 18.9 Å². The van der Waals surface area contributed by atoms with Crippen LogP contribution < -0.4 is 5.32 Å². The summed E-state index contributed by atoms with van der Waals surface area (Å²) >= 11 is 0. The highest BCUT2D eigenvalue weighted by Gasteiger charge is 2.54. The summed E-state index contributed by atoms with van der Waals surface area (Å²) in [6.45, 7) is 1.74. The van der Waals surface area contributed by atoms with E-state index in [1.165, 1.54) is 250 Å². The zero-order valence-electron chi connectivity index (χ0n) is 69.9. The monoisotopic (exact) mass is 1570 g/mol. The predicted molar refractivity (Wildman–Crippen MR) is 448 cm³/mol. The van der Waals surface area contributed by atoms with Gasteiger partial charge in [0.1, 0.15) is 73.2 Å². The molecule has 3 aliphatic rings. The standard InChI is InChI=1S/C92H167NO18/c1-3-5-7-9-11-13-15-17-19-21-23-25-27-29-31-33-35-37-39-41-43-45-47-49-51-53-55-57-59-61-63-65-67-69-76(97)75(74-106-90-86(104)83(101)88(78(72-95)108-90)111-92-87(105)84(102)89(79(73-96)109-92)110-91-85(103)82(100)81(99)77(71-94)107-91)93-80(98)70-68-66-64-62-60-58-56-54-52-50-48-46-44-42-40-38-36-34-32-30-28-26-24-22-20-18-16-14-12-10-8-6-4-2/h6,8,12,14,18,20,24,26,30,32,36,38,75-79,81-92,94-97,99-105H,3-5,7,9-11,13,15-17,19,21-23,25,27-29,31,33-35,37,39-74H2,1-2H3,(H,93,98)/b8-6-,14-12-,20-18-,26-24-,32-30-,38-36-. The van der Waals surface area contributed by atoms with Crippen molar-refractivity contribution < 1.29 is 89.4 Å². The lowest BCUT2D eigenvalue weighted by Crippen LogP contribution is -2.66. The van der Waals surface area contributed by atoms with Crippen LogP contribution in [-0.4, -0.2) is 193 Å². The van der Waals surface area contributed by atoms with Gasteiger partial charge in [0.2, 0.25) is 5.91 Å². The van der Waals surface area contributed by atoms with Crippen molar-refractivity contribution in [2.45, 2.75) is 478 Å². The zero-order valence-corrected chi connectivity index (χ0v) is 69.9. The number of hydrogen-bond acceptors (Lipinski definition) is 18. The van der Waals surface area contributed by atoms with Crippen LogP contribution in [0, 0.1) is 0 Å². The van der Waals surface area contributed by atoms with Gasteiger partial charge in [-0.2, -0.15) is 0 Å². The molecule has 3 heterocycles. The van der Waals surface area contributed by atoms with Crippen LogP contribution in [0.3, 0.4) is 0 Å². The third kappa shape index (κ3) is 49.9. The average Bonchev–Trinajstić information content (AvgIpc) is 0.780. The average molecular weight is 1580 g/mol. The summed E-state index contributed by atoms with van der Waals surface area (Å²) in [6.07, 6.45) is 68.6. The summed E-state index contributed by atoms with van der Waals surface area (Å²) in [5, 5.41) is 121. The zero-order chi connectivity index (χ0) is 80.3. The summed E-state index contributed by atoms with van der Waals surface area (Å²) < 4.78 is 34.6. The fraction of sp³-hybridized carbons (Fsp3) is 0.859. The molecular weight excluding hydrogens is 1410 g/mol. The maximum atomic E-state index is 13.6. The number of carbonyl (C=O) groups is 1. The Kier molecular flexibility index (Phi) is 65.8. The fourth-order valence-electron chi connectivity index (χ4n) is 15.3. The van der Waals surface area contributed by atoms with Gasteiger partial charge in [-0.05, 0) is 64.2 Å². The SMILES string of the molecule is CC/C=C\C/C=C\C/C=C\C/C=C\C/C=C\C/C=C\CCCCCCCCCCCCCCCCC(=O)NC(COC1OC(CO)C(OC2OC(CO)C(OC3OC(CO)C(O)C(O)C3O)C(O)C2O)C(O)C1O)C(O)CCCCCCCCCCCCCCCCCCCCCCCCCCCCCCCCCCC. The molecule has 17 unspecified atom stereocenters. The highest BCUT2D eigenvalue weighted by molar-refractivity contribution is 5.76.